The highest BCUT2D eigenvalue weighted by Crippen LogP contribution is 2.23. The predicted octanol–water partition coefficient (Wildman–Crippen LogP) is 2.82. The first-order valence-electron chi connectivity index (χ1n) is 5.90. The third-order valence-corrected chi connectivity index (χ3v) is 2.92. The first kappa shape index (κ1) is 14.9. The molecule has 1 heterocycles. The minimum Gasteiger partial charge on any atom is -0.317 e. The van der Waals surface area contributed by atoms with E-state index in [1.165, 1.54) is 12.3 Å². The lowest BCUT2D eigenvalue weighted by atomic mass is 9.99. The van der Waals surface area contributed by atoms with Gasteiger partial charge in [-0.2, -0.15) is 0 Å². The highest BCUT2D eigenvalue weighted by Gasteiger charge is 2.19. The molecular weight excluding hydrogens is 254 g/mol. The Kier molecular flexibility index (Phi) is 5.50. The number of rotatable bonds is 6. The SMILES string of the molecule is CNC(Cc1ncc(Cl)cc1[N+](=O)[O-])CC(C)C. The van der Waals surface area contributed by atoms with Crippen LogP contribution in [0.25, 0.3) is 0 Å². The summed E-state index contributed by atoms with van der Waals surface area (Å²) in [6.07, 6.45) is 2.92. The van der Waals surface area contributed by atoms with Gasteiger partial charge < -0.3 is 5.32 Å². The van der Waals surface area contributed by atoms with Crippen molar-refractivity contribution in [3.8, 4) is 0 Å². The standard InChI is InChI=1S/C12H18ClN3O2/c1-8(2)4-10(14-3)6-11-12(16(17)18)5-9(13)7-15-11/h5,7-8,10,14H,4,6H2,1-3H3. The Hall–Kier alpha value is -1.20. The molecule has 0 bridgehead atoms. The Balaban J connectivity index is 2.91. The first-order valence-corrected chi connectivity index (χ1v) is 6.28. The van der Waals surface area contributed by atoms with E-state index in [0.717, 1.165) is 6.42 Å². The van der Waals surface area contributed by atoms with Crippen LogP contribution in [0.1, 0.15) is 26.0 Å². The molecule has 0 aliphatic carbocycles. The average Bonchev–Trinajstić information content (AvgIpc) is 2.29. The number of pyridine rings is 1. The summed E-state index contributed by atoms with van der Waals surface area (Å²) >= 11 is 5.73. The van der Waals surface area contributed by atoms with Gasteiger partial charge in [-0.05, 0) is 19.4 Å². The van der Waals surface area contributed by atoms with Gasteiger partial charge in [0.25, 0.3) is 5.69 Å². The maximum atomic E-state index is 11.0. The molecule has 1 rings (SSSR count). The molecule has 1 unspecified atom stereocenters. The fraction of sp³-hybridized carbons (Fsp3) is 0.583. The summed E-state index contributed by atoms with van der Waals surface area (Å²) in [6, 6.07) is 1.53. The Morgan fingerprint density at radius 3 is 2.72 bits per heavy atom. The van der Waals surface area contributed by atoms with E-state index < -0.39 is 4.92 Å². The topological polar surface area (TPSA) is 68.1 Å². The van der Waals surface area contributed by atoms with E-state index in [1.807, 2.05) is 7.05 Å². The zero-order chi connectivity index (χ0) is 13.7. The number of halogens is 1. The Bertz CT molecular complexity index is 424. The molecule has 0 saturated carbocycles. The molecule has 0 saturated heterocycles. The molecule has 0 radical (unpaired) electrons. The summed E-state index contributed by atoms with van der Waals surface area (Å²) in [4.78, 5) is 14.6. The van der Waals surface area contributed by atoms with Crippen LogP contribution >= 0.6 is 11.6 Å². The quantitative estimate of drug-likeness (QED) is 0.638. The van der Waals surface area contributed by atoms with E-state index in [1.54, 1.807) is 0 Å². The van der Waals surface area contributed by atoms with Crippen LogP contribution in [-0.4, -0.2) is 23.0 Å². The van der Waals surface area contributed by atoms with Gasteiger partial charge in [-0.25, -0.2) is 0 Å². The molecule has 1 aromatic rings. The monoisotopic (exact) mass is 271 g/mol. The molecule has 5 nitrogen and oxygen atoms in total. The van der Waals surface area contributed by atoms with E-state index in [4.69, 9.17) is 11.6 Å². The van der Waals surface area contributed by atoms with Crippen LogP contribution < -0.4 is 5.32 Å². The average molecular weight is 272 g/mol. The van der Waals surface area contributed by atoms with Crippen molar-refractivity contribution in [3.05, 3.63) is 33.1 Å². The van der Waals surface area contributed by atoms with Crippen molar-refractivity contribution in [1.29, 1.82) is 0 Å². The summed E-state index contributed by atoms with van der Waals surface area (Å²) in [5, 5.41) is 14.4. The van der Waals surface area contributed by atoms with Gasteiger partial charge in [-0.15, -0.1) is 0 Å². The van der Waals surface area contributed by atoms with Crippen LogP contribution in [0.5, 0.6) is 0 Å². The van der Waals surface area contributed by atoms with Crippen LogP contribution in [0.2, 0.25) is 5.02 Å². The van der Waals surface area contributed by atoms with Gasteiger partial charge in [0.1, 0.15) is 5.69 Å². The summed E-state index contributed by atoms with van der Waals surface area (Å²) in [5.41, 5.74) is 0.468. The van der Waals surface area contributed by atoms with Gasteiger partial charge in [0, 0.05) is 24.7 Å². The lowest BCUT2D eigenvalue weighted by molar-refractivity contribution is -0.386. The summed E-state index contributed by atoms with van der Waals surface area (Å²) in [7, 11) is 1.86. The van der Waals surface area contributed by atoms with Crippen LogP contribution in [0.15, 0.2) is 12.3 Å². The maximum absolute atomic E-state index is 11.0. The lowest BCUT2D eigenvalue weighted by Gasteiger charge is -2.17. The first-order chi connectivity index (χ1) is 8.43. The van der Waals surface area contributed by atoms with Crippen molar-refractivity contribution in [3.63, 3.8) is 0 Å². The second-order valence-corrected chi connectivity index (χ2v) is 5.13. The molecule has 18 heavy (non-hydrogen) atoms. The second-order valence-electron chi connectivity index (χ2n) is 4.70. The van der Waals surface area contributed by atoms with Crippen LogP contribution in [-0.2, 0) is 6.42 Å². The third kappa shape index (κ3) is 4.23. The number of aromatic nitrogens is 1. The largest absolute Gasteiger partial charge is 0.317 e. The maximum Gasteiger partial charge on any atom is 0.292 e. The lowest BCUT2D eigenvalue weighted by Crippen LogP contribution is -2.29. The van der Waals surface area contributed by atoms with E-state index in [9.17, 15) is 10.1 Å². The minimum absolute atomic E-state index is 0.00786. The minimum atomic E-state index is -0.434. The molecule has 0 spiro atoms. The molecule has 0 aliphatic rings. The predicted molar refractivity (Wildman–Crippen MR) is 71.9 cm³/mol. The van der Waals surface area contributed by atoms with Crippen molar-refractivity contribution in [1.82, 2.24) is 10.3 Å². The van der Waals surface area contributed by atoms with Crippen molar-refractivity contribution in [2.45, 2.75) is 32.7 Å². The zero-order valence-electron chi connectivity index (χ0n) is 10.8. The van der Waals surface area contributed by atoms with Gasteiger partial charge in [0.15, 0.2) is 0 Å². The molecule has 0 aromatic carbocycles. The number of nitro groups is 1. The van der Waals surface area contributed by atoms with Gasteiger partial charge >= 0.3 is 0 Å². The summed E-state index contributed by atoms with van der Waals surface area (Å²) in [5.74, 6) is 0.522. The second kappa shape index (κ2) is 6.66. The number of nitrogens with zero attached hydrogens (tertiary/aromatic N) is 2. The van der Waals surface area contributed by atoms with Crippen molar-refractivity contribution >= 4 is 17.3 Å². The highest BCUT2D eigenvalue weighted by atomic mass is 35.5. The van der Waals surface area contributed by atoms with Gasteiger partial charge in [0.05, 0.1) is 9.95 Å². The van der Waals surface area contributed by atoms with E-state index in [2.05, 4.69) is 24.1 Å². The number of likely N-dealkylation sites (N-methyl/N-ethyl adjacent to an activating group) is 1. The Morgan fingerprint density at radius 2 is 2.22 bits per heavy atom. The molecule has 0 aliphatic heterocycles. The van der Waals surface area contributed by atoms with Crippen LogP contribution in [0, 0.1) is 16.0 Å². The smallest absolute Gasteiger partial charge is 0.292 e. The van der Waals surface area contributed by atoms with Crippen molar-refractivity contribution in [2.24, 2.45) is 5.92 Å². The Morgan fingerprint density at radius 1 is 1.56 bits per heavy atom. The molecule has 0 fully saturated rings. The Labute approximate surface area is 112 Å². The summed E-state index contributed by atoms with van der Waals surface area (Å²) in [6.45, 7) is 4.24. The molecule has 1 atom stereocenters. The number of hydrogen-bond donors (Lipinski definition) is 1. The molecule has 100 valence electrons. The molecule has 0 amide bonds. The fourth-order valence-corrected chi connectivity index (χ4v) is 2.03. The molecule has 1 N–H and O–H groups in total. The van der Waals surface area contributed by atoms with Crippen molar-refractivity contribution < 1.29 is 4.92 Å². The van der Waals surface area contributed by atoms with E-state index in [-0.39, 0.29) is 16.8 Å². The highest BCUT2D eigenvalue weighted by molar-refractivity contribution is 6.30. The van der Waals surface area contributed by atoms with Gasteiger partial charge in [-0.3, -0.25) is 15.1 Å². The number of hydrogen-bond acceptors (Lipinski definition) is 4. The molecular formula is C12H18ClN3O2. The van der Waals surface area contributed by atoms with E-state index in [0.29, 0.717) is 18.0 Å². The zero-order valence-corrected chi connectivity index (χ0v) is 11.6. The normalized spacial score (nSPS) is 12.7. The summed E-state index contributed by atoms with van der Waals surface area (Å²) < 4.78 is 0. The van der Waals surface area contributed by atoms with Crippen LogP contribution in [0.4, 0.5) is 5.69 Å². The number of nitrogens with one attached hydrogen (secondary N) is 1. The van der Waals surface area contributed by atoms with Crippen molar-refractivity contribution in [2.75, 3.05) is 7.05 Å². The van der Waals surface area contributed by atoms with E-state index >= 15 is 0 Å². The van der Waals surface area contributed by atoms with Gasteiger partial charge in [-0.1, -0.05) is 25.4 Å². The van der Waals surface area contributed by atoms with Crippen LogP contribution in [0.3, 0.4) is 0 Å². The van der Waals surface area contributed by atoms with Gasteiger partial charge in [0.2, 0.25) is 0 Å². The third-order valence-electron chi connectivity index (χ3n) is 2.71. The fourth-order valence-electron chi connectivity index (χ4n) is 1.88. The molecule has 1 aromatic heterocycles. The molecule has 6 heteroatoms.